The van der Waals surface area contributed by atoms with Gasteiger partial charge in [0, 0.05) is 37.1 Å². The van der Waals surface area contributed by atoms with Crippen LogP contribution in [0.25, 0.3) is 0 Å². The topological polar surface area (TPSA) is 15.3 Å². The normalized spacial score (nSPS) is 28.4. The second-order valence-corrected chi connectivity index (χ2v) is 8.12. The average molecular weight is 392 g/mol. The zero-order valence-electron chi connectivity index (χ0n) is 15.9. The number of hydrogen-bond donors (Lipinski definition) is 1. The Kier molecular flexibility index (Phi) is 4.96. The van der Waals surface area contributed by atoms with E-state index in [4.69, 9.17) is 0 Å². The Morgan fingerprint density at radius 1 is 0.929 bits per heavy atom. The molecule has 4 rings (SSSR count). The number of hydrogen-bond acceptors (Lipinski definition) is 2. The summed E-state index contributed by atoms with van der Waals surface area (Å²) in [6.45, 7) is 5.78. The third-order valence-electron chi connectivity index (χ3n) is 5.91. The maximum Gasteiger partial charge on any atom is 0.416 e. The van der Waals surface area contributed by atoms with Gasteiger partial charge in [0.1, 0.15) is 5.82 Å². The van der Waals surface area contributed by atoms with Crippen molar-refractivity contribution in [1.82, 2.24) is 10.2 Å². The third kappa shape index (κ3) is 3.67. The van der Waals surface area contributed by atoms with Crippen molar-refractivity contribution in [2.45, 2.75) is 50.5 Å². The van der Waals surface area contributed by atoms with E-state index in [0.717, 1.165) is 29.8 Å². The summed E-state index contributed by atoms with van der Waals surface area (Å²) in [5.74, 6) is -0.334. The van der Waals surface area contributed by atoms with Crippen molar-refractivity contribution in [1.29, 1.82) is 0 Å². The summed E-state index contributed by atoms with van der Waals surface area (Å²) in [6.07, 6.45) is -3.65. The molecule has 0 bridgehead atoms. The molecule has 1 aliphatic heterocycles. The predicted molar refractivity (Wildman–Crippen MR) is 101 cm³/mol. The first kappa shape index (κ1) is 19.4. The van der Waals surface area contributed by atoms with Crippen molar-refractivity contribution in [2.75, 3.05) is 13.1 Å². The van der Waals surface area contributed by atoms with Gasteiger partial charge >= 0.3 is 6.18 Å². The van der Waals surface area contributed by atoms with E-state index in [1.807, 2.05) is 0 Å². The quantitative estimate of drug-likeness (QED) is 0.715. The minimum atomic E-state index is -4.36. The molecule has 1 N–H and O–H groups in total. The molecule has 0 saturated carbocycles. The number of nitrogens with zero attached hydrogens (tertiary/aromatic N) is 1. The highest BCUT2D eigenvalue weighted by atomic mass is 19.4. The first-order valence-corrected chi connectivity index (χ1v) is 9.69. The van der Waals surface area contributed by atoms with Crippen LogP contribution in [0.15, 0.2) is 42.5 Å². The fraction of sp³-hybridized carbons (Fsp3) is 0.455. The second kappa shape index (κ2) is 7.16. The minimum absolute atomic E-state index is 0.0246. The number of alkyl halides is 3. The van der Waals surface area contributed by atoms with E-state index in [1.54, 1.807) is 18.2 Å². The van der Waals surface area contributed by atoms with Crippen molar-refractivity contribution >= 4 is 0 Å². The molecular weight excluding hydrogens is 368 g/mol. The molecule has 0 spiro atoms. The molecule has 1 fully saturated rings. The molecule has 0 radical (unpaired) electrons. The largest absolute Gasteiger partial charge is 0.416 e. The lowest BCUT2D eigenvalue weighted by molar-refractivity contribution is -0.137. The van der Waals surface area contributed by atoms with Crippen molar-refractivity contribution in [3.63, 3.8) is 0 Å². The van der Waals surface area contributed by atoms with E-state index >= 15 is 0 Å². The Hall–Kier alpha value is -1.92. The van der Waals surface area contributed by atoms with Gasteiger partial charge in [0.25, 0.3) is 0 Å². The maximum atomic E-state index is 13.4. The number of nitrogens with one attached hydrogen (secondary N) is 1. The van der Waals surface area contributed by atoms with Crippen LogP contribution >= 0.6 is 0 Å². The monoisotopic (exact) mass is 392 g/mol. The lowest BCUT2D eigenvalue weighted by Gasteiger charge is -2.40. The molecule has 2 aromatic carbocycles. The van der Waals surface area contributed by atoms with Crippen LogP contribution in [0.5, 0.6) is 0 Å². The van der Waals surface area contributed by atoms with E-state index < -0.39 is 11.7 Å². The van der Waals surface area contributed by atoms with E-state index in [1.165, 1.54) is 24.3 Å². The molecule has 150 valence electrons. The van der Waals surface area contributed by atoms with Crippen molar-refractivity contribution < 1.29 is 17.6 Å². The summed E-state index contributed by atoms with van der Waals surface area (Å²) in [7, 11) is 0. The lowest BCUT2D eigenvalue weighted by Crippen LogP contribution is -2.54. The Morgan fingerprint density at radius 3 is 2.18 bits per heavy atom. The molecule has 0 amide bonds. The van der Waals surface area contributed by atoms with Crippen molar-refractivity contribution in [2.24, 2.45) is 0 Å². The molecule has 6 heteroatoms. The van der Waals surface area contributed by atoms with Crippen molar-refractivity contribution in [3.8, 4) is 0 Å². The first-order valence-electron chi connectivity index (χ1n) is 9.69. The zero-order chi connectivity index (χ0) is 20.1. The summed E-state index contributed by atoms with van der Waals surface area (Å²) in [4.78, 5) is 2.30. The van der Waals surface area contributed by atoms with Crippen molar-refractivity contribution in [3.05, 3.63) is 70.5 Å². The number of benzene rings is 2. The van der Waals surface area contributed by atoms with Gasteiger partial charge in [-0.15, -0.1) is 0 Å². The lowest BCUT2D eigenvalue weighted by atomic mass is 9.92. The summed E-state index contributed by atoms with van der Waals surface area (Å²) < 4.78 is 53.4. The maximum absolute atomic E-state index is 13.4. The predicted octanol–water partition coefficient (Wildman–Crippen LogP) is 5.10. The van der Waals surface area contributed by atoms with Crippen LogP contribution in [0.2, 0.25) is 0 Å². The highest BCUT2D eigenvalue weighted by Gasteiger charge is 2.40. The number of fused-ring (bicyclic) bond motifs is 1. The molecule has 0 aromatic heterocycles. The molecule has 2 nitrogen and oxygen atoms in total. The van der Waals surface area contributed by atoms with Gasteiger partial charge in [0.15, 0.2) is 0 Å². The highest BCUT2D eigenvalue weighted by molar-refractivity contribution is 5.47. The van der Waals surface area contributed by atoms with Gasteiger partial charge < -0.3 is 5.32 Å². The molecule has 1 heterocycles. The molecule has 4 unspecified atom stereocenters. The van der Waals surface area contributed by atoms with Crippen LogP contribution in [-0.4, -0.2) is 30.1 Å². The van der Waals surface area contributed by atoms with Gasteiger partial charge in [-0.2, -0.15) is 13.2 Å². The summed E-state index contributed by atoms with van der Waals surface area (Å²) in [5, 5.41) is 3.48. The van der Waals surface area contributed by atoms with Gasteiger partial charge in [-0.1, -0.05) is 18.2 Å². The van der Waals surface area contributed by atoms with Gasteiger partial charge in [0.05, 0.1) is 5.56 Å². The van der Waals surface area contributed by atoms with Crippen LogP contribution in [0.4, 0.5) is 17.6 Å². The van der Waals surface area contributed by atoms with Crippen LogP contribution < -0.4 is 5.32 Å². The average Bonchev–Trinajstić information content (AvgIpc) is 3.00. The Labute approximate surface area is 162 Å². The van der Waals surface area contributed by atoms with E-state index in [-0.39, 0.29) is 29.9 Å². The van der Waals surface area contributed by atoms with E-state index in [2.05, 4.69) is 24.1 Å². The standard InChI is InChI=1S/C22H24F4N2/c1-13-11-28(12-14(2)27-13)21-10-19(15-3-6-17(23)7-4-15)18-8-5-16(9-20(18)21)22(24,25)26/h3-9,13-14,19,21,27H,10-12H2,1-2H3. The Morgan fingerprint density at radius 2 is 1.57 bits per heavy atom. The molecule has 28 heavy (non-hydrogen) atoms. The van der Waals surface area contributed by atoms with Gasteiger partial charge in [-0.3, -0.25) is 4.90 Å². The summed E-state index contributed by atoms with van der Waals surface area (Å²) >= 11 is 0. The second-order valence-electron chi connectivity index (χ2n) is 8.12. The number of piperazine rings is 1. The molecule has 1 aliphatic carbocycles. The first-order chi connectivity index (χ1) is 13.2. The molecule has 1 saturated heterocycles. The highest BCUT2D eigenvalue weighted by Crippen LogP contribution is 2.48. The summed E-state index contributed by atoms with van der Waals surface area (Å²) in [6, 6.07) is 10.9. The Balaban J connectivity index is 1.75. The fourth-order valence-corrected chi connectivity index (χ4v) is 4.81. The number of rotatable bonds is 2. The minimum Gasteiger partial charge on any atom is -0.309 e. The third-order valence-corrected chi connectivity index (χ3v) is 5.91. The van der Waals surface area contributed by atoms with E-state index in [9.17, 15) is 17.6 Å². The van der Waals surface area contributed by atoms with Crippen LogP contribution in [0.3, 0.4) is 0 Å². The van der Waals surface area contributed by atoms with Crippen LogP contribution in [0, 0.1) is 5.82 Å². The SMILES string of the molecule is CC1CN(C2CC(c3ccc(F)cc3)c3ccc(C(F)(F)F)cc32)CC(C)N1. The van der Waals surface area contributed by atoms with E-state index in [0.29, 0.717) is 6.42 Å². The Bertz CT molecular complexity index is 837. The number of halogens is 4. The molecule has 2 aliphatic rings. The fourth-order valence-electron chi connectivity index (χ4n) is 4.81. The van der Waals surface area contributed by atoms with Crippen LogP contribution in [0.1, 0.15) is 54.5 Å². The molecule has 4 atom stereocenters. The molecule has 2 aromatic rings. The smallest absolute Gasteiger partial charge is 0.309 e. The summed E-state index contributed by atoms with van der Waals surface area (Å²) in [5.41, 5.74) is 2.02. The molecular formula is C22H24F4N2. The zero-order valence-corrected chi connectivity index (χ0v) is 15.9. The van der Waals surface area contributed by atoms with Crippen LogP contribution in [-0.2, 0) is 6.18 Å². The van der Waals surface area contributed by atoms with Gasteiger partial charge in [0.2, 0.25) is 0 Å². The van der Waals surface area contributed by atoms with Gasteiger partial charge in [-0.25, -0.2) is 4.39 Å². The van der Waals surface area contributed by atoms with Gasteiger partial charge in [-0.05, 0) is 61.2 Å².